The lowest BCUT2D eigenvalue weighted by molar-refractivity contribution is -0.130. The number of rotatable bonds is 8. The van der Waals surface area contributed by atoms with Gasteiger partial charge in [0.2, 0.25) is 0 Å². The van der Waals surface area contributed by atoms with Crippen LogP contribution in [0.1, 0.15) is 16.7 Å². The molecule has 0 aliphatic heterocycles. The monoisotopic (exact) mass is 374 g/mol. The molecule has 0 heterocycles. The molecule has 0 radical (unpaired) electrons. The van der Waals surface area contributed by atoms with Crippen molar-refractivity contribution in [2.75, 3.05) is 13.2 Å². The molecule has 0 bridgehead atoms. The zero-order valence-corrected chi connectivity index (χ0v) is 15.7. The van der Waals surface area contributed by atoms with Gasteiger partial charge >= 0.3 is 5.97 Å². The van der Waals surface area contributed by atoms with Crippen molar-refractivity contribution < 1.29 is 19.4 Å². The maximum atomic E-state index is 11.6. The van der Waals surface area contributed by atoms with E-state index in [1.807, 2.05) is 73.7 Å². The highest BCUT2D eigenvalue weighted by Gasteiger charge is 2.10. The topological polar surface area (TPSA) is 55.8 Å². The molecule has 0 spiro atoms. The molecule has 0 amide bonds. The summed E-state index contributed by atoms with van der Waals surface area (Å²) in [4.78, 5) is 11.6. The van der Waals surface area contributed by atoms with Gasteiger partial charge in [0.1, 0.15) is 24.7 Å². The van der Waals surface area contributed by atoms with Crippen molar-refractivity contribution in [3.63, 3.8) is 0 Å². The van der Waals surface area contributed by atoms with E-state index < -0.39 is 5.97 Å². The molecule has 4 heteroatoms. The Morgan fingerprint density at radius 2 is 1.54 bits per heavy atom. The van der Waals surface area contributed by atoms with Gasteiger partial charge in [-0.2, -0.15) is 0 Å². The Hall–Kier alpha value is -3.53. The van der Waals surface area contributed by atoms with Gasteiger partial charge in [0, 0.05) is 0 Å². The smallest absolute Gasteiger partial charge is 0.336 e. The number of ether oxygens (including phenoxy) is 2. The molecule has 0 fully saturated rings. The van der Waals surface area contributed by atoms with Crippen molar-refractivity contribution in [1.29, 1.82) is 0 Å². The molecule has 3 aromatic carbocycles. The number of aliphatic carboxylic acids is 1. The molecular weight excluding hydrogens is 352 g/mol. The highest BCUT2D eigenvalue weighted by Crippen LogP contribution is 2.21. The molecule has 0 aromatic heterocycles. The van der Waals surface area contributed by atoms with Gasteiger partial charge < -0.3 is 14.6 Å². The SMILES string of the molecule is Cc1ccc(OCCOc2cccc(/C=C(\C(=O)O)c3ccccc3)c2)cc1. The standard InChI is InChI=1S/C24H22O4/c1-18-10-12-21(13-11-18)27-14-15-28-22-9-5-6-19(16-22)17-23(24(25)26)20-7-3-2-4-8-20/h2-13,16-17H,14-15H2,1H3,(H,25,26)/b23-17-. The fourth-order valence-electron chi connectivity index (χ4n) is 2.70. The maximum absolute atomic E-state index is 11.6. The Morgan fingerprint density at radius 1 is 0.857 bits per heavy atom. The molecule has 3 aromatic rings. The molecule has 1 N–H and O–H groups in total. The Bertz CT molecular complexity index is 944. The quantitative estimate of drug-likeness (QED) is 0.339. The summed E-state index contributed by atoms with van der Waals surface area (Å²) < 4.78 is 11.4. The molecule has 0 aliphatic rings. The highest BCUT2D eigenvalue weighted by molar-refractivity contribution is 6.20. The van der Waals surface area contributed by atoms with E-state index in [1.165, 1.54) is 5.56 Å². The first-order chi connectivity index (χ1) is 13.6. The molecule has 0 aliphatic carbocycles. The first-order valence-corrected chi connectivity index (χ1v) is 9.04. The van der Waals surface area contributed by atoms with Gasteiger partial charge in [-0.15, -0.1) is 0 Å². The lowest BCUT2D eigenvalue weighted by Gasteiger charge is -2.09. The van der Waals surface area contributed by atoms with E-state index in [2.05, 4.69) is 0 Å². The molecule has 3 rings (SSSR count). The zero-order valence-electron chi connectivity index (χ0n) is 15.7. The van der Waals surface area contributed by atoms with Crippen LogP contribution in [0.4, 0.5) is 0 Å². The van der Waals surface area contributed by atoms with Gasteiger partial charge in [-0.3, -0.25) is 0 Å². The third-order valence-electron chi connectivity index (χ3n) is 4.13. The molecule has 0 atom stereocenters. The van der Waals surface area contributed by atoms with Crippen molar-refractivity contribution in [2.45, 2.75) is 6.92 Å². The largest absolute Gasteiger partial charge is 0.490 e. The van der Waals surface area contributed by atoms with Crippen molar-refractivity contribution in [1.82, 2.24) is 0 Å². The molecule has 0 saturated heterocycles. The van der Waals surface area contributed by atoms with Crippen molar-refractivity contribution >= 4 is 17.6 Å². The third kappa shape index (κ3) is 5.48. The number of carboxylic acid groups (broad SMARTS) is 1. The number of carbonyl (C=O) groups is 1. The van der Waals surface area contributed by atoms with Gasteiger partial charge in [0.25, 0.3) is 0 Å². The Morgan fingerprint density at radius 3 is 2.21 bits per heavy atom. The summed E-state index contributed by atoms with van der Waals surface area (Å²) >= 11 is 0. The summed E-state index contributed by atoms with van der Waals surface area (Å²) in [6, 6.07) is 24.3. The number of aryl methyl sites for hydroxylation is 1. The van der Waals surface area contributed by atoms with Crippen molar-refractivity contribution in [3.05, 3.63) is 95.6 Å². The summed E-state index contributed by atoms with van der Waals surface area (Å²) in [5, 5.41) is 9.54. The van der Waals surface area contributed by atoms with Crippen molar-refractivity contribution in [2.24, 2.45) is 0 Å². The van der Waals surface area contributed by atoms with Crippen LogP contribution in [0.2, 0.25) is 0 Å². The van der Waals surface area contributed by atoms with Crippen LogP contribution in [0.3, 0.4) is 0 Å². The van der Waals surface area contributed by atoms with Crippen LogP contribution in [0.25, 0.3) is 11.6 Å². The lowest BCUT2D eigenvalue weighted by Crippen LogP contribution is -2.09. The number of benzene rings is 3. The summed E-state index contributed by atoms with van der Waals surface area (Å²) in [5.41, 5.74) is 2.84. The minimum Gasteiger partial charge on any atom is -0.490 e. The first-order valence-electron chi connectivity index (χ1n) is 9.04. The Balaban J connectivity index is 1.63. The molecule has 28 heavy (non-hydrogen) atoms. The predicted octanol–water partition coefficient (Wildman–Crippen LogP) is 5.08. The molecule has 142 valence electrons. The second-order valence-corrected chi connectivity index (χ2v) is 6.31. The fraction of sp³-hybridized carbons (Fsp3) is 0.125. The fourth-order valence-corrected chi connectivity index (χ4v) is 2.70. The average molecular weight is 374 g/mol. The van der Waals surface area contributed by atoms with Crippen LogP contribution in [0, 0.1) is 6.92 Å². The molecule has 0 saturated carbocycles. The van der Waals surface area contributed by atoms with E-state index in [0.717, 1.165) is 11.3 Å². The first kappa shape index (κ1) is 19.2. The van der Waals surface area contributed by atoms with Crippen LogP contribution in [-0.2, 0) is 4.79 Å². The van der Waals surface area contributed by atoms with E-state index in [9.17, 15) is 9.90 Å². The van der Waals surface area contributed by atoms with Gasteiger partial charge in [-0.25, -0.2) is 4.79 Å². The Labute approximate surface area is 164 Å². The summed E-state index contributed by atoms with van der Waals surface area (Å²) in [5.74, 6) is 0.503. The van der Waals surface area contributed by atoms with E-state index in [-0.39, 0.29) is 5.57 Å². The van der Waals surface area contributed by atoms with E-state index in [0.29, 0.717) is 24.5 Å². The van der Waals surface area contributed by atoms with Crippen LogP contribution in [0.5, 0.6) is 11.5 Å². The van der Waals surface area contributed by atoms with Gasteiger partial charge in [0.05, 0.1) is 5.57 Å². The van der Waals surface area contributed by atoms with Crippen molar-refractivity contribution in [3.8, 4) is 11.5 Å². The average Bonchev–Trinajstić information content (AvgIpc) is 2.71. The number of carboxylic acids is 1. The van der Waals surface area contributed by atoms with Crippen LogP contribution < -0.4 is 9.47 Å². The summed E-state index contributed by atoms with van der Waals surface area (Å²) in [6.07, 6.45) is 1.65. The lowest BCUT2D eigenvalue weighted by atomic mass is 10.0. The van der Waals surface area contributed by atoms with Crippen LogP contribution >= 0.6 is 0 Å². The second kappa shape index (κ2) is 9.42. The van der Waals surface area contributed by atoms with E-state index in [1.54, 1.807) is 18.2 Å². The second-order valence-electron chi connectivity index (χ2n) is 6.31. The van der Waals surface area contributed by atoms with Gasteiger partial charge in [0.15, 0.2) is 0 Å². The molecular formula is C24H22O4. The minimum atomic E-state index is -0.969. The van der Waals surface area contributed by atoms with E-state index in [4.69, 9.17) is 9.47 Å². The number of hydrogen-bond acceptors (Lipinski definition) is 3. The Kier molecular flexibility index (Phi) is 6.47. The maximum Gasteiger partial charge on any atom is 0.336 e. The zero-order chi connectivity index (χ0) is 19.8. The summed E-state index contributed by atoms with van der Waals surface area (Å²) in [6.45, 7) is 2.85. The van der Waals surface area contributed by atoms with Crippen LogP contribution in [0.15, 0.2) is 78.9 Å². The van der Waals surface area contributed by atoms with Gasteiger partial charge in [-0.05, 0) is 48.4 Å². The van der Waals surface area contributed by atoms with Crippen LogP contribution in [-0.4, -0.2) is 24.3 Å². The summed E-state index contributed by atoms with van der Waals surface area (Å²) in [7, 11) is 0. The highest BCUT2D eigenvalue weighted by atomic mass is 16.5. The van der Waals surface area contributed by atoms with E-state index >= 15 is 0 Å². The normalized spacial score (nSPS) is 11.1. The molecule has 4 nitrogen and oxygen atoms in total. The minimum absolute atomic E-state index is 0.237. The third-order valence-corrected chi connectivity index (χ3v) is 4.13. The molecule has 0 unspecified atom stereocenters. The number of hydrogen-bond donors (Lipinski definition) is 1. The predicted molar refractivity (Wildman–Crippen MR) is 111 cm³/mol. The van der Waals surface area contributed by atoms with Gasteiger partial charge in [-0.1, -0.05) is 60.2 Å².